The van der Waals surface area contributed by atoms with Crippen LogP contribution >= 0.6 is 0 Å². The molecule has 1 unspecified atom stereocenters. The van der Waals surface area contributed by atoms with E-state index in [1.807, 2.05) is 18.2 Å². The number of rotatable bonds is 6. The van der Waals surface area contributed by atoms with Gasteiger partial charge in [0.05, 0.1) is 18.7 Å². The van der Waals surface area contributed by atoms with E-state index in [1.165, 1.54) is 11.1 Å². The molecule has 0 radical (unpaired) electrons. The first kappa shape index (κ1) is 22.7. The van der Waals surface area contributed by atoms with E-state index < -0.39 is 5.92 Å². The summed E-state index contributed by atoms with van der Waals surface area (Å²) in [7, 11) is 1.55. The molecule has 0 aromatic heterocycles. The topological polar surface area (TPSA) is 87.7 Å². The fraction of sp³-hybridized carbons (Fsp3) is 0.250. The Bertz CT molecular complexity index is 1290. The van der Waals surface area contributed by atoms with Gasteiger partial charge in [-0.3, -0.25) is 14.4 Å². The molecule has 7 nitrogen and oxygen atoms in total. The first-order valence-electron chi connectivity index (χ1n) is 11.8. The summed E-state index contributed by atoms with van der Waals surface area (Å²) in [4.78, 5) is 39.8. The average molecular weight is 470 g/mol. The van der Waals surface area contributed by atoms with Crippen LogP contribution in [0.2, 0.25) is 0 Å². The van der Waals surface area contributed by atoms with E-state index in [1.54, 1.807) is 48.4 Å². The number of ether oxygens (including phenoxy) is 1. The zero-order chi connectivity index (χ0) is 24.4. The third-order valence-electron chi connectivity index (χ3n) is 6.66. The highest BCUT2D eigenvalue weighted by atomic mass is 16.5. The highest BCUT2D eigenvalue weighted by molar-refractivity contribution is 6.06. The van der Waals surface area contributed by atoms with Crippen LogP contribution < -0.4 is 20.3 Å². The smallest absolute Gasteiger partial charge is 0.255 e. The molecule has 35 heavy (non-hydrogen) atoms. The SMILES string of the molecule is COc1ccccc1NC(=O)c1ccc(NC(=O)C2CC(=O)N(c3ccc4c(c3)CCC4)C2)cc1. The van der Waals surface area contributed by atoms with Gasteiger partial charge in [0.15, 0.2) is 0 Å². The fourth-order valence-corrected chi connectivity index (χ4v) is 4.75. The van der Waals surface area contributed by atoms with Gasteiger partial charge in [0.1, 0.15) is 5.75 Å². The Morgan fingerprint density at radius 1 is 0.943 bits per heavy atom. The second-order valence-electron chi connectivity index (χ2n) is 8.93. The summed E-state index contributed by atoms with van der Waals surface area (Å²) in [5, 5.41) is 5.71. The lowest BCUT2D eigenvalue weighted by atomic mass is 10.1. The van der Waals surface area contributed by atoms with Crippen molar-refractivity contribution >= 4 is 34.8 Å². The number of carbonyl (C=O) groups is 3. The van der Waals surface area contributed by atoms with E-state index in [0.717, 1.165) is 24.9 Å². The summed E-state index contributed by atoms with van der Waals surface area (Å²) in [6.45, 7) is 0.364. The van der Waals surface area contributed by atoms with Crippen molar-refractivity contribution < 1.29 is 19.1 Å². The lowest BCUT2D eigenvalue weighted by Crippen LogP contribution is -2.28. The molecule has 178 valence electrons. The normalized spacial score (nSPS) is 16.7. The van der Waals surface area contributed by atoms with Gasteiger partial charge in [-0.25, -0.2) is 0 Å². The van der Waals surface area contributed by atoms with E-state index in [0.29, 0.717) is 29.2 Å². The molecule has 1 heterocycles. The van der Waals surface area contributed by atoms with Crippen molar-refractivity contribution in [2.45, 2.75) is 25.7 Å². The molecule has 0 saturated carbocycles. The molecule has 1 aliphatic heterocycles. The van der Waals surface area contributed by atoms with Crippen LogP contribution in [0.4, 0.5) is 17.1 Å². The highest BCUT2D eigenvalue weighted by Crippen LogP contribution is 2.31. The van der Waals surface area contributed by atoms with Crippen molar-refractivity contribution in [3.05, 3.63) is 83.4 Å². The molecule has 1 fully saturated rings. The number of aryl methyl sites for hydroxylation is 2. The zero-order valence-corrected chi connectivity index (χ0v) is 19.5. The van der Waals surface area contributed by atoms with Gasteiger partial charge in [-0.05, 0) is 78.9 Å². The summed E-state index contributed by atoms with van der Waals surface area (Å²) in [5.41, 5.74) is 5.14. The van der Waals surface area contributed by atoms with Gasteiger partial charge in [-0.15, -0.1) is 0 Å². The molecule has 0 spiro atoms. The van der Waals surface area contributed by atoms with Crippen molar-refractivity contribution in [2.24, 2.45) is 5.92 Å². The van der Waals surface area contributed by atoms with Gasteiger partial charge < -0.3 is 20.3 Å². The number of nitrogens with one attached hydrogen (secondary N) is 2. The lowest BCUT2D eigenvalue weighted by Gasteiger charge is -2.18. The number of hydrogen-bond acceptors (Lipinski definition) is 4. The first-order valence-corrected chi connectivity index (χ1v) is 11.8. The molecule has 1 aliphatic carbocycles. The quantitative estimate of drug-likeness (QED) is 0.559. The van der Waals surface area contributed by atoms with E-state index in [2.05, 4.69) is 22.8 Å². The second-order valence-corrected chi connectivity index (χ2v) is 8.93. The Balaban J connectivity index is 1.20. The van der Waals surface area contributed by atoms with E-state index in [9.17, 15) is 14.4 Å². The third-order valence-corrected chi connectivity index (χ3v) is 6.66. The monoisotopic (exact) mass is 469 g/mol. The minimum Gasteiger partial charge on any atom is -0.495 e. The number of fused-ring (bicyclic) bond motifs is 1. The molecule has 3 amide bonds. The Morgan fingerprint density at radius 3 is 2.51 bits per heavy atom. The number of methoxy groups -OCH3 is 1. The predicted molar refractivity (Wildman–Crippen MR) is 135 cm³/mol. The van der Waals surface area contributed by atoms with Gasteiger partial charge in [0, 0.05) is 29.9 Å². The summed E-state index contributed by atoms with van der Waals surface area (Å²) in [6.07, 6.45) is 3.47. The minimum atomic E-state index is -0.427. The molecule has 5 rings (SSSR count). The molecule has 3 aromatic carbocycles. The van der Waals surface area contributed by atoms with Crippen LogP contribution in [0.25, 0.3) is 0 Å². The molecule has 1 saturated heterocycles. The first-order chi connectivity index (χ1) is 17.0. The molecule has 2 aliphatic rings. The number of amides is 3. The van der Waals surface area contributed by atoms with Crippen LogP contribution in [0.5, 0.6) is 5.75 Å². The van der Waals surface area contributed by atoms with Crippen LogP contribution in [-0.4, -0.2) is 31.4 Å². The highest BCUT2D eigenvalue weighted by Gasteiger charge is 2.35. The van der Waals surface area contributed by atoms with Crippen molar-refractivity contribution in [3.8, 4) is 5.75 Å². The summed E-state index contributed by atoms with van der Waals surface area (Å²) >= 11 is 0. The van der Waals surface area contributed by atoms with E-state index >= 15 is 0 Å². The van der Waals surface area contributed by atoms with Crippen molar-refractivity contribution in [3.63, 3.8) is 0 Å². The predicted octanol–water partition coefficient (Wildman–Crippen LogP) is 4.43. The van der Waals surface area contributed by atoms with Crippen molar-refractivity contribution in [1.29, 1.82) is 0 Å². The molecule has 7 heteroatoms. The molecular formula is C28H27N3O4. The minimum absolute atomic E-state index is 0.0357. The Morgan fingerprint density at radius 2 is 1.71 bits per heavy atom. The van der Waals surface area contributed by atoms with Gasteiger partial charge in [-0.1, -0.05) is 18.2 Å². The second kappa shape index (κ2) is 9.62. The van der Waals surface area contributed by atoms with E-state index in [4.69, 9.17) is 4.74 Å². The Kier molecular flexibility index (Phi) is 6.23. The number of nitrogens with zero attached hydrogens (tertiary/aromatic N) is 1. The number of hydrogen-bond donors (Lipinski definition) is 2. The summed E-state index contributed by atoms with van der Waals surface area (Å²) < 4.78 is 5.27. The maximum absolute atomic E-state index is 12.9. The van der Waals surface area contributed by atoms with Crippen LogP contribution in [0.3, 0.4) is 0 Å². The number of carbonyl (C=O) groups excluding carboxylic acids is 3. The largest absolute Gasteiger partial charge is 0.495 e. The third kappa shape index (κ3) is 4.75. The van der Waals surface area contributed by atoms with Crippen molar-refractivity contribution in [1.82, 2.24) is 0 Å². The number of anilines is 3. The lowest BCUT2D eigenvalue weighted by molar-refractivity contribution is -0.122. The van der Waals surface area contributed by atoms with Gasteiger partial charge in [0.2, 0.25) is 11.8 Å². The summed E-state index contributed by atoms with van der Waals surface area (Å²) in [5.74, 6) is -0.368. The molecular weight excluding hydrogens is 442 g/mol. The maximum atomic E-state index is 12.9. The zero-order valence-electron chi connectivity index (χ0n) is 19.5. The van der Waals surface area contributed by atoms with Crippen LogP contribution in [0.1, 0.15) is 34.3 Å². The standard InChI is InChI=1S/C28H27N3O4/c1-35-25-8-3-2-7-24(25)30-27(33)19-9-12-22(13-10-19)29-28(34)21-16-26(32)31(17-21)23-14-11-18-5-4-6-20(18)15-23/h2-3,7-15,21H,4-6,16-17H2,1H3,(H,29,34)(H,30,33). The maximum Gasteiger partial charge on any atom is 0.255 e. The van der Waals surface area contributed by atoms with Gasteiger partial charge >= 0.3 is 0 Å². The molecule has 1 atom stereocenters. The van der Waals surface area contributed by atoms with Gasteiger partial charge in [-0.2, -0.15) is 0 Å². The molecule has 2 N–H and O–H groups in total. The number of para-hydroxylation sites is 2. The van der Waals surface area contributed by atoms with E-state index in [-0.39, 0.29) is 24.1 Å². The summed E-state index contributed by atoms with van der Waals surface area (Å²) in [6, 6.07) is 20.0. The molecule has 0 bridgehead atoms. The Hall–Kier alpha value is -4.13. The van der Waals surface area contributed by atoms with Gasteiger partial charge in [0.25, 0.3) is 5.91 Å². The molecule has 3 aromatic rings. The average Bonchev–Trinajstić information content (AvgIpc) is 3.50. The fourth-order valence-electron chi connectivity index (χ4n) is 4.75. The van der Waals surface area contributed by atoms with Crippen LogP contribution in [0, 0.1) is 5.92 Å². The number of benzene rings is 3. The van der Waals surface area contributed by atoms with Crippen LogP contribution in [-0.2, 0) is 22.4 Å². The Labute approximate surface area is 204 Å². The van der Waals surface area contributed by atoms with Crippen LogP contribution in [0.15, 0.2) is 66.7 Å². The van der Waals surface area contributed by atoms with Crippen molar-refractivity contribution in [2.75, 3.05) is 29.2 Å².